The van der Waals surface area contributed by atoms with Crippen molar-refractivity contribution in [2.75, 3.05) is 12.3 Å². The molecule has 0 bridgehead atoms. The van der Waals surface area contributed by atoms with E-state index >= 15 is 0 Å². The number of hydrogen-bond donors (Lipinski definition) is 1. The van der Waals surface area contributed by atoms with Crippen LogP contribution in [0.15, 0.2) is 24.3 Å². The van der Waals surface area contributed by atoms with Crippen LogP contribution in [0, 0.1) is 0 Å². The van der Waals surface area contributed by atoms with Gasteiger partial charge in [0.05, 0.1) is 6.04 Å². The van der Waals surface area contributed by atoms with Crippen molar-refractivity contribution in [3.05, 3.63) is 29.8 Å². The maximum Gasteiger partial charge on any atom is 0.223 e. The summed E-state index contributed by atoms with van der Waals surface area (Å²) in [6.45, 7) is 2.94. The van der Waals surface area contributed by atoms with Crippen molar-refractivity contribution >= 4 is 11.6 Å². The summed E-state index contributed by atoms with van der Waals surface area (Å²) in [5.41, 5.74) is 7.54. The van der Waals surface area contributed by atoms with Crippen molar-refractivity contribution in [2.24, 2.45) is 0 Å². The smallest absolute Gasteiger partial charge is 0.223 e. The highest BCUT2D eigenvalue weighted by Gasteiger charge is 2.25. The van der Waals surface area contributed by atoms with Crippen LogP contribution in [0.1, 0.15) is 31.4 Å². The Morgan fingerprint density at radius 1 is 1.33 bits per heavy atom. The van der Waals surface area contributed by atoms with Gasteiger partial charge in [-0.25, -0.2) is 0 Å². The highest BCUT2D eigenvalue weighted by atomic mass is 16.2. The zero-order valence-corrected chi connectivity index (χ0v) is 8.94. The van der Waals surface area contributed by atoms with Gasteiger partial charge in [0.2, 0.25) is 5.91 Å². The third kappa shape index (κ3) is 1.96. The number of nitrogens with two attached hydrogens (primary N) is 1. The summed E-state index contributed by atoms with van der Waals surface area (Å²) in [5, 5.41) is 0. The number of anilines is 1. The highest BCUT2D eigenvalue weighted by Crippen LogP contribution is 2.25. The van der Waals surface area contributed by atoms with Gasteiger partial charge in [0, 0.05) is 18.7 Å². The summed E-state index contributed by atoms with van der Waals surface area (Å²) in [7, 11) is 0. The second-order valence-corrected chi connectivity index (χ2v) is 4.03. The van der Waals surface area contributed by atoms with Crippen molar-refractivity contribution in [2.45, 2.75) is 25.8 Å². The van der Waals surface area contributed by atoms with E-state index in [4.69, 9.17) is 5.73 Å². The van der Waals surface area contributed by atoms with E-state index in [-0.39, 0.29) is 11.9 Å². The molecule has 1 fully saturated rings. The fourth-order valence-corrected chi connectivity index (χ4v) is 2.03. The maximum atomic E-state index is 11.6. The van der Waals surface area contributed by atoms with Gasteiger partial charge in [-0.3, -0.25) is 4.79 Å². The molecule has 80 valence electrons. The van der Waals surface area contributed by atoms with E-state index in [0.717, 1.165) is 24.2 Å². The van der Waals surface area contributed by atoms with Gasteiger partial charge < -0.3 is 10.6 Å². The number of benzene rings is 1. The lowest BCUT2D eigenvalue weighted by molar-refractivity contribution is -0.129. The SMILES string of the molecule is CC(c1ccc(N)cc1)N1CCCC1=O. The molecule has 0 aliphatic carbocycles. The molecule has 1 aromatic rings. The number of nitrogen functional groups attached to an aromatic ring is 1. The van der Waals surface area contributed by atoms with Crippen LogP contribution in [-0.4, -0.2) is 17.4 Å². The number of likely N-dealkylation sites (tertiary alicyclic amines) is 1. The first-order chi connectivity index (χ1) is 7.18. The molecule has 3 nitrogen and oxygen atoms in total. The van der Waals surface area contributed by atoms with Gasteiger partial charge in [0.1, 0.15) is 0 Å². The molecule has 1 atom stereocenters. The molecule has 1 saturated heterocycles. The third-order valence-corrected chi connectivity index (χ3v) is 3.00. The lowest BCUT2D eigenvalue weighted by Gasteiger charge is -2.24. The summed E-state index contributed by atoms with van der Waals surface area (Å²) >= 11 is 0. The van der Waals surface area contributed by atoms with Gasteiger partial charge in [-0.1, -0.05) is 12.1 Å². The quantitative estimate of drug-likeness (QED) is 0.748. The molecule has 1 aromatic carbocycles. The molecule has 2 rings (SSSR count). The molecule has 3 heteroatoms. The van der Waals surface area contributed by atoms with Crippen LogP contribution in [0.2, 0.25) is 0 Å². The lowest BCUT2D eigenvalue weighted by atomic mass is 10.1. The molecule has 1 amide bonds. The van der Waals surface area contributed by atoms with E-state index in [2.05, 4.69) is 6.92 Å². The maximum absolute atomic E-state index is 11.6. The number of carbonyl (C=O) groups is 1. The van der Waals surface area contributed by atoms with Gasteiger partial charge >= 0.3 is 0 Å². The second kappa shape index (κ2) is 3.93. The van der Waals surface area contributed by atoms with Crippen molar-refractivity contribution < 1.29 is 4.79 Å². The molecule has 0 aromatic heterocycles. The molecule has 15 heavy (non-hydrogen) atoms. The number of amides is 1. The summed E-state index contributed by atoms with van der Waals surface area (Å²) in [5.74, 6) is 0.263. The van der Waals surface area contributed by atoms with Crippen LogP contribution in [0.3, 0.4) is 0 Å². The normalized spacial score (nSPS) is 18.2. The highest BCUT2D eigenvalue weighted by molar-refractivity contribution is 5.78. The zero-order chi connectivity index (χ0) is 10.8. The predicted octanol–water partition coefficient (Wildman–Crippen LogP) is 1.95. The Morgan fingerprint density at radius 3 is 2.53 bits per heavy atom. The third-order valence-electron chi connectivity index (χ3n) is 3.00. The van der Waals surface area contributed by atoms with E-state index in [1.54, 1.807) is 0 Å². The van der Waals surface area contributed by atoms with Gasteiger partial charge in [0.15, 0.2) is 0 Å². The Balaban J connectivity index is 2.16. The number of carbonyl (C=O) groups excluding carboxylic acids is 1. The number of nitrogens with zero attached hydrogens (tertiary/aromatic N) is 1. The molecule has 1 unspecified atom stereocenters. The topological polar surface area (TPSA) is 46.3 Å². The Labute approximate surface area is 89.9 Å². The van der Waals surface area contributed by atoms with E-state index in [9.17, 15) is 4.79 Å². The van der Waals surface area contributed by atoms with Crippen LogP contribution in [0.25, 0.3) is 0 Å². The zero-order valence-electron chi connectivity index (χ0n) is 8.94. The minimum absolute atomic E-state index is 0.167. The lowest BCUT2D eigenvalue weighted by Crippen LogP contribution is -2.27. The Kier molecular flexibility index (Phi) is 2.62. The standard InChI is InChI=1S/C12H16N2O/c1-9(14-8-2-3-12(14)15)10-4-6-11(13)7-5-10/h4-7,9H,2-3,8,13H2,1H3. The largest absolute Gasteiger partial charge is 0.399 e. The monoisotopic (exact) mass is 204 g/mol. The second-order valence-electron chi connectivity index (χ2n) is 4.03. The molecular weight excluding hydrogens is 188 g/mol. The minimum Gasteiger partial charge on any atom is -0.399 e. The summed E-state index contributed by atoms with van der Waals surface area (Å²) in [4.78, 5) is 13.5. The Bertz CT molecular complexity index is 358. The van der Waals surface area contributed by atoms with E-state index in [1.165, 1.54) is 0 Å². The van der Waals surface area contributed by atoms with E-state index in [1.807, 2.05) is 29.2 Å². The van der Waals surface area contributed by atoms with E-state index in [0.29, 0.717) is 6.42 Å². The predicted molar refractivity (Wildman–Crippen MR) is 60.2 cm³/mol. The van der Waals surface area contributed by atoms with Crippen LogP contribution >= 0.6 is 0 Å². The van der Waals surface area contributed by atoms with Crippen molar-refractivity contribution in [1.29, 1.82) is 0 Å². The molecule has 1 heterocycles. The molecule has 1 aliphatic rings. The van der Waals surface area contributed by atoms with Crippen molar-refractivity contribution in [3.8, 4) is 0 Å². The summed E-state index contributed by atoms with van der Waals surface area (Å²) in [6.07, 6.45) is 1.68. The number of hydrogen-bond acceptors (Lipinski definition) is 2. The molecule has 0 saturated carbocycles. The van der Waals surface area contributed by atoms with Gasteiger partial charge in [-0.05, 0) is 31.0 Å². The van der Waals surface area contributed by atoms with Gasteiger partial charge in [-0.2, -0.15) is 0 Å². The molecule has 2 N–H and O–H groups in total. The molecule has 0 spiro atoms. The van der Waals surface area contributed by atoms with Crippen molar-refractivity contribution in [3.63, 3.8) is 0 Å². The Morgan fingerprint density at radius 2 is 2.00 bits per heavy atom. The first kappa shape index (κ1) is 10.0. The van der Waals surface area contributed by atoms with E-state index < -0.39 is 0 Å². The molecular formula is C12H16N2O. The fraction of sp³-hybridized carbons (Fsp3) is 0.417. The van der Waals surface area contributed by atoms with Crippen LogP contribution in [0.5, 0.6) is 0 Å². The van der Waals surface area contributed by atoms with Crippen LogP contribution < -0.4 is 5.73 Å². The molecule has 1 aliphatic heterocycles. The fourth-order valence-electron chi connectivity index (χ4n) is 2.03. The summed E-state index contributed by atoms with van der Waals surface area (Å²) in [6, 6.07) is 7.91. The van der Waals surface area contributed by atoms with Crippen molar-refractivity contribution in [1.82, 2.24) is 4.90 Å². The van der Waals surface area contributed by atoms with Gasteiger partial charge in [0.25, 0.3) is 0 Å². The first-order valence-electron chi connectivity index (χ1n) is 5.33. The summed E-state index contributed by atoms with van der Waals surface area (Å²) < 4.78 is 0. The van der Waals surface area contributed by atoms with Gasteiger partial charge in [-0.15, -0.1) is 0 Å². The average molecular weight is 204 g/mol. The first-order valence-corrected chi connectivity index (χ1v) is 5.33. The average Bonchev–Trinajstić information content (AvgIpc) is 2.65. The number of rotatable bonds is 2. The molecule has 0 radical (unpaired) electrons. The Hall–Kier alpha value is -1.51. The minimum atomic E-state index is 0.167. The van der Waals surface area contributed by atoms with Crippen LogP contribution in [-0.2, 0) is 4.79 Å². The van der Waals surface area contributed by atoms with Crippen LogP contribution in [0.4, 0.5) is 5.69 Å².